The number of nitrogens with two attached hydrogens (primary N) is 1. The van der Waals surface area contributed by atoms with Crippen molar-refractivity contribution >= 4 is 34.7 Å². The van der Waals surface area contributed by atoms with Crippen molar-refractivity contribution in [3.8, 4) is 5.75 Å². The Morgan fingerprint density at radius 1 is 1.57 bits per heavy atom. The zero-order valence-corrected chi connectivity index (χ0v) is 8.48. The van der Waals surface area contributed by atoms with Gasteiger partial charge in [0.1, 0.15) is 23.1 Å². The Morgan fingerprint density at radius 2 is 2.21 bits per heavy atom. The molecule has 3 N–H and O–H groups in total. The first-order chi connectivity index (χ1) is 6.54. The third-order valence-corrected chi connectivity index (χ3v) is 1.98. The summed E-state index contributed by atoms with van der Waals surface area (Å²) >= 11 is 10.9. The molecule has 6 heteroatoms. The smallest absolute Gasteiger partial charge is 0.145 e. The first-order valence-electron chi connectivity index (χ1n) is 3.61. The molecular formula is C8H7Cl2FN2O. The molecule has 0 atom stereocenters. The van der Waals surface area contributed by atoms with Crippen LogP contribution in [0.1, 0.15) is 0 Å². The van der Waals surface area contributed by atoms with Crippen molar-refractivity contribution < 1.29 is 9.50 Å². The predicted octanol–water partition coefficient (Wildman–Crippen LogP) is 2.41. The summed E-state index contributed by atoms with van der Waals surface area (Å²) in [4.78, 5) is 3.74. The summed E-state index contributed by atoms with van der Waals surface area (Å²) in [7, 11) is 0. The molecule has 0 amide bonds. The van der Waals surface area contributed by atoms with Gasteiger partial charge in [-0.3, -0.25) is 0 Å². The predicted molar refractivity (Wildman–Crippen MR) is 55.1 cm³/mol. The van der Waals surface area contributed by atoms with E-state index in [1.54, 1.807) is 0 Å². The average molecular weight is 237 g/mol. The number of hydrogen-bond donors (Lipinski definition) is 2. The van der Waals surface area contributed by atoms with E-state index in [9.17, 15) is 9.50 Å². The normalized spacial score (nSPS) is 11.8. The van der Waals surface area contributed by atoms with E-state index >= 15 is 0 Å². The molecule has 0 unspecified atom stereocenters. The van der Waals surface area contributed by atoms with Crippen LogP contribution in [0.3, 0.4) is 0 Å². The van der Waals surface area contributed by atoms with Gasteiger partial charge in [-0.15, -0.1) is 11.6 Å². The summed E-state index contributed by atoms with van der Waals surface area (Å²) in [6.07, 6.45) is 0. The molecule has 0 aliphatic carbocycles. The third kappa shape index (κ3) is 2.49. The van der Waals surface area contributed by atoms with Gasteiger partial charge in [0.25, 0.3) is 0 Å². The van der Waals surface area contributed by atoms with Gasteiger partial charge in [-0.05, 0) is 6.07 Å². The van der Waals surface area contributed by atoms with Crippen LogP contribution in [0.15, 0.2) is 17.1 Å². The largest absolute Gasteiger partial charge is 0.506 e. The molecule has 0 aliphatic rings. The Labute approximate surface area is 90.0 Å². The van der Waals surface area contributed by atoms with Gasteiger partial charge in [-0.25, -0.2) is 9.38 Å². The molecule has 0 aliphatic heterocycles. The number of rotatable bonds is 2. The highest BCUT2D eigenvalue weighted by Crippen LogP contribution is 2.31. The van der Waals surface area contributed by atoms with Crippen LogP contribution in [-0.2, 0) is 0 Å². The van der Waals surface area contributed by atoms with E-state index in [0.717, 1.165) is 6.07 Å². The van der Waals surface area contributed by atoms with Gasteiger partial charge >= 0.3 is 0 Å². The lowest BCUT2D eigenvalue weighted by Crippen LogP contribution is -2.12. The topological polar surface area (TPSA) is 58.6 Å². The lowest BCUT2D eigenvalue weighted by atomic mass is 10.3. The van der Waals surface area contributed by atoms with Gasteiger partial charge in [-0.2, -0.15) is 0 Å². The Bertz CT molecular complexity index is 382. The molecule has 0 saturated heterocycles. The van der Waals surface area contributed by atoms with E-state index in [4.69, 9.17) is 28.9 Å². The van der Waals surface area contributed by atoms with Crippen molar-refractivity contribution in [3.63, 3.8) is 0 Å². The second kappa shape index (κ2) is 4.48. The highest BCUT2D eigenvalue weighted by atomic mass is 35.5. The second-order valence-electron chi connectivity index (χ2n) is 2.49. The molecule has 1 aromatic rings. The highest BCUT2D eigenvalue weighted by molar-refractivity contribution is 6.31. The molecule has 0 fully saturated rings. The third-order valence-electron chi connectivity index (χ3n) is 1.42. The maximum absolute atomic E-state index is 12.8. The number of phenolic OH excluding ortho intramolecular Hbond substituents is 1. The minimum absolute atomic E-state index is 0.0223. The molecular weight excluding hydrogens is 230 g/mol. The summed E-state index contributed by atoms with van der Waals surface area (Å²) in [5, 5.41) is 9.12. The molecule has 0 aromatic heterocycles. The van der Waals surface area contributed by atoms with Gasteiger partial charge in [0.15, 0.2) is 0 Å². The molecule has 1 aromatic carbocycles. The molecule has 1 rings (SSSR count). The van der Waals surface area contributed by atoms with Gasteiger partial charge < -0.3 is 10.8 Å². The average Bonchev–Trinajstić information content (AvgIpc) is 2.14. The van der Waals surface area contributed by atoms with E-state index in [1.807, 2.05) is 0 Å². The van der Waals surface area contributed by atoms with Crippen molar-refractivity contribution in [1.82, 2.24) is 0 Å². The molecule has 0 bridgehead atoms. The lowest BCUT2D eigenvalue weighted by molar-refractivity contribution is 0.471. The molecule has 14 heavy (non-hydrogen) atoms. The fraction of sp³-hybridized carbons (Fsp3) is 0.125. The zero-order chi connectivity index (χ0) is 10.7. The van der Waals surface area contributed by atoms with E-state index in [1.165, 1.54) is 6.07 Å². The summed E-state index contributed by atoms with van der Waals surface area (Å²) in [6.45, 7) is 0. The number of phenols is 1. The molecule has 0 radical (unpaired) electrons. The lowest BCUT2D eigenvalue weighted by Gasteiger charge is -2.01. The number of halogens is 3. The van der Waals surface area contributed by atoms with E-state index in [0.29, 0.717) is 0 Å². The van der Waals surface area contributed by atoms with Crippen LogP contribution in [0.2, 0.25) is 5.02 Å². The van der Waals surface area contributed by atoms with Crippen LogP contribution in [0.5, 0.6) is 5.75 Å². The van der Waals surface area contributed by atoms with E-state index < -0.39 is 5.82 Å². The maximum atomic E-state index is 12.8. The Kier molecular flexibility index (Phi) is 3.55. The van der Waals surface area contributed by atoms with Crippen molar-refractivity contribution in [2.45, 2.75) is 0 Å². The summed E-state index contributed by atoms with van der Waals surface area (Å²) in [5.74, 6) is -0.911. The highest BCUT2D eigenvalue weighted by Gasteiger charge is 2.07. The van der Waals surface area contributed by atoms with Crippen molar-refractivity contribution in [2.75, 3.05) is 5.88 Å². The number of aromatic hydroxyl groups is 1. The Balaban J connectivity index is 3.16. The molecule has 0 spiro atoms. The van der Waals surface area contributed by atoms with Gasteiger partial charge in [0, 0.05) is 6.07 Å². The van der Waals surface area contributed by atoms with Crippen molar-refractivity contribution in [2.24, 2.45) is 10.7 Å². The van der Waals surface area contributed by atoms with Crippen molar-refractivity contribution in [3.05, 3.63) is 23.0 Å². The molecule has 3 nitrogen and oxygen atoms in total. The summed E-state index contributed by atoms with van der Waals surface area (Å²) in [5.41, 5.74) is 5.42. The first-order valence-corrected chi connectivity index (χ1v) is 4.53. The number of amidine groups is 1. The first kappa shape index (κ1) is 11.1. The minimum Gasteiger partial charge on any atom is -0.506 e. The van der Waals surface area contributed by atoms with Gasteiger partial charge in [-0.1, -0.05) is 11.6 Å². The zero-order valence-electron chi connectivity index (χ0n) is 6.97. The van der Waals surface area contributed by atoms with Crippen LogP contribution < -0.4 is 5.73 Å². The minimum atomic E-state index is -0.715. The monoisotopic (exact) mass is 236 g/mol. The number of nitrogens with zero attached hydrogens (tertiary/aromatic N) is 1. The van der Waals surface area contributed by atoms with Gasteiger partial charge in [0.05, 0.1) is 10.9 Å². The maximum Gasteiger partial charge on any atom is 0.145 e. The van der Waals surface area contributed by atoms with Crippen LogP contribution in [0, 0.1) is 5.82 Å². The SMILES string of the molecule is NC(CCl)=Nc1cc(Cl)c(F)cc1O. The van der Waals surface area contributed by atoms with E-state index in [-0.39, 0.29) is 28.2 Å². The number of hydrogen-bond acceptors (Lipinski definition) is 2. The number of benzene rings is 1. The fourth-order valence-electron chi connectivity index (χ4n) is 0.800. The molecule has 76 valence electrons. The van der Waals surface area contributed by atoms with Gasteiger partial charge in [0.2, 0.25) is 0 Å². The standard InChI is InChI=1S/C8H7Cl2FN2O/c9-3-8(12)13-6-1-4(10)5(11)2-7(6)14/h1-2,14H,3H2,(H2,12,13). The van der Waals surface area contributed by atoms with Crippen LogP contribution in [0.4, 0.5) is 10.1 Å². The van der Waals surface area contributed by atoms with Crippen molar-refractivity contribution in [1.29, 1.82) is 0 Å². The molecule has 0 heterocycles. The molecule has 0 saturated carbocycles. The van der Waals surface area contributed by atoms with E-state index in [2.05, 4.69) is 4.99 Å². The summed E-state index contributed by atoms with van der Waals surface area (Å²) < 4.78 is 12.8. The van der Waals surface area contributed by atoms with Crippen LogP contribution >= 0.6 is 23.2 Å². The number of alkyl halides is 1. The quantitative estimate of drug-likeness (QED) is 0.471. The second-order valence-corrected chi connectivity index (χ2v) is 3.17. The summed E-state index contributed by atoms with van der Waals surface area (Å²) in [6, 6.07) is 2.04. The van der Waals surface area contributed by atoms with Crippen LogP contribution in [0.25, 0.3) is 0 Å². The fourth-order valence-corrected chi connectivity index (χ4v) is 1.02. The Hall–Kier alpha value is -1.00. The number of aliphatic imine (C=N–C) groups is 1. The van der Waals surface area contributed by atoms with Crippen LogP contribution in [-0.4, -0.2) is 16.8 Å². The Morgan fingerprint density at radius 3 is 2.79 bits per heavy atom.